The summed E-state index contributed by atoms with van der Waals surface area (Å²) in [4.78, 5) is 3.86. The molecule has 1 aromatic carbocycles. The molecule has 0 N–H and O–H groups in total. The van der Waals surface area contributed by atoms with Crippen LogP contribution in [0.4, 0.5) is 5.69 Å². The molecular weight excluding hydrogens is 222 g/mol. The van der Waals surface area contributed by atoms with Gasteiger partial charge in [-0.2, -0.15) is 4.99 Å². The van der Waals surface area contributed by atoms with Crippen molar-refractivity contribution in [2.24, 2.45) is 4.99 Å². The maximum atomic E-state index is 4.49. The number of benzene rings is 1. The lowest BCUT2D eigenvalue weighted by Crippen LogP contribution is -1.73. The molecule has 1 nitrogen and oxygen atoms in total. The van der Waals surface area contributed by atoms with Gasteiger partial charge in [-0.15, -0.1) is 0 Å². The minimum atomic E-state index is 0.841. The van der Waals surface area contributed by atoms with Gasteiger partial charge in [0.05, 0.1) is 10.8 Å². The Balaban J connectivity index is 3.00. The van der Waals surface area contributed by atoms with Crippen LogP contribution in [0.5, 0.6) is 0 Å². The Kier molecular flexibility index (Phi) is 3.43. The fourth-order valence-corrected chi connectivity index (χ4v) is 1.22. The summed E-state index contributed by atoms with van der Waals surface area (Å²) in [6, 6.07) is 7.83. The first-order valence-electron chi connectivity index (χ1n) is 3.09. The van der Waals surface area contributed by atoms with Crippen molar-refractivity contribution in [3.8, 4) is 0 Å². The van der Waals surface area contributed by atoms with E-state index in [1.54, 1.807) is 0 Å². The predicted molar refractivity (Wildman–Crippen MR) is 53.8 cm³/mol. The Hall–Kier alpha value is -0.500. The van der Waals surface area contributed by atoms with E-state index in [4.69, 9.17) is 0 Å². The normalized spacial score (nSPS) is 8.82. The van der Waals surface area contributed by atoms with E-state index in [-0.39, 0.29) is 0 Å². The molecule has 0 fully saturated rings. The third-order valence-electron chi connectivity index (χ3n) is 1.24. The zero-order chi connectivity index (χ0) is 8.10. The Bertz CT molecular complexity index is 292. The molecule has 0 unspecified atom stereocenters. The van der Waals surface area contributed by atoms with E-state index in [1.165, 1.54) is 5.56 Å². The van der Waals surface area contributed by atoms with Crippen LogP contribution in [0.25, 0.3) is 0 Å². The molecule has 0 aliphatic carbocycles. The van der Waals surface area contributed by atoms with Crippen molar-refractivity contribution < 1.29 is 0 Å². The van der Waals surface area contributed by atoms with Gasteiger partial charge in [0.25, 0.3) is 0 Å². The van der Waals surface area contributed by atoms with Gasteiger partial charge in [0, 0.05) is 5.33 Å². The molecule has 3 heteroatoms. The smallest absolute Gasteiger partial charge is 0.0742 e. The molecule has 0 saturated heterocycles. The van der Waals surface area contributed by atoms with Crippen molar-refractivity contribution in [1.29, 1.82) is 0 Å². The van der Waals surface area contributed by atoms with Crippen LogP contribution in [0, 0.1) is 0 Å². The molecule has 0 spiro atoms. The van der Waals surface area contributed by atoms with E-state index in [1.807, 2.05) is 24.3 Å². The Labute approximate surface area is 79.3 Å². The second-order valence-corrected chi connectivity index (χ2v) is 2.75. The van der Waals surface area contributed by atoms with Gasteiger partial charge < -0.3 is 0 Å². The van der Waals surface area contributed by atoms with Crippen LogP contribution in [0.3, 0.4) is 0 Å². The number of nitrogens with zero attached hydrogens (tertiary/aromatic N) is 1. The molecule has 0 bridgehead atoms. The van der Waals surface area contributed by atoms with Gasteiger partial charge in [0.2, 0.25) is 0 Å². The molecule has 0 heterocycles. The highest BCUT2D eigenvalue weighted by Crippen LogP contribution is 2.14. The average molecular weight is 228 g/mol. The Morgan fingerprint density at radius 2 is 2.36 bits per heavy atom. The maximum Gasteiger partial charge on any atom is 0.0742 e. The van der Waals surface area contributed by atoms with Crippen molar-refractivity contribution >= 4 is 39.0 Å². The minimum Gasteiger partial charge on any atom is -0.195 e. The quantitative estimate of drug-likeness (QED) is 0.429. The second kappa shape index (κ2) is 4.39. The zero-order valence-electron chi connectivity index (χ0n) is 5.75. The lowest BCUT2D eigenvalue weighted by Gasteiger charge is -1.94. The highest BCUT2D eigenvalue weighted by atomic mass is 79.9. The van der Waals surface area contributed by atoms with Crippen LogP contribution in [0.2, 0.25) is 0 Å². The van der Waals surface area contributed by atoms with E-state index < -0.39 is 0 Å². The van der Waals surface area contributed by atoms with Crippen LogP contribution >= 0.6 is 28.1 Å². The monoisotopic (exact) mass is 227 g/mol. The van der Waals surface area contributed by atoms with Crippen LogP contribution in [0.1, 0.15) is 5.56 Å². The first-order chi connectivity index (χ1) is 5.36. The summed E-state index contributed by atoms with van der Waals surface area (Å²) >= 11 is 7.84. The van der Waals surface area contributed by atoms with Gasteiger partial charge in [-0.25, -0.2) is 0 Å². The van der Waals surface area contributed by atoms with Crippen LogP contribution in [-0.4, -0.2) is 5.16 Å². The van der Waals surface area contributed by atoms with Gasteiger partial charge in [0.15, 0.2) is 0 Å². The minimum absolute atomic E-state index is 0.841. The lowest BCUT2D eigenvalue weighted by atomic mass is 10.2. The van der Waals surface area contributed by atoms with E-state index >= 15 is 0 Å². The zero-order valence-corrected chi connectivity index (χ0v) is 8.15. The predicted octanol–water partition coefficient (Wildman–Crippen LogP) is 3.32. The van der Waals surface area contributed by atoms with Gasteiger partial charge in [-0.3, -0.25) is 0 Å². The molecule has 1 aromatic rings. The van der Waals surface area contributed by atoms with Crippen LogP contribution in [-0.2, 0) is 5.33 Å². The van der Waals surface area contributed by atoms with Gasteiger partial charge in [-0.05, 0) is 29.9 Å². The summed E-state index contributed by atoms with van der Waals surface area (Å²) in [6.45, 7) is 0. The average Bonchev–Trinajstić information content (AvgIpc) is 2.06. The van der Waals surface area contributed by atoms with E-state index in [2.05, 4.69) is 38.3 Å². The highest BCUT2D eigenvalue weighted by molar-refractivity contribution is 9.08. The summed E-state index contributed by atoms with van der Waals surface area (Å²) in [5, 5.41) is 3.17. The van der Waals surface area contributed by atoms with E-state index in [9.17, 15) is 0 Å². The second-order valence-electron chi connectivity index (χ2n) is 2.01. The van der Waals surface area contributed by atoms with Gasteiger partial charge in [-0.1, -0.05) is 28.1 Å². The molecule has 0 amide bonds. The molecule has 1 rings (SSSR count). The molecule has 11 heavy (non-hydrogen) atoms. The van der Waals surface area contributed by atoms with Crippen LogP contribution < -0.4 is 0 Å². The number of hydrogen-bond donors (Lipinski definition) is 0. The first kappa shape index (κ1) is 8.60. The number of aliphatic imine (C=N–C) groups is 1. The third kappa shape index (κ3) is 2.54. The molecule has 56 valence electrons. The maximum absolute atomic E-state index is 4.49. The van der Waals surface area contributed by atoms with E-state index in [0.717, 1.165) is 11.0 Å². The SMILES string of the molecule is S=C=Nc1cccc(CBr)c1. The molecule has 0 saturated carbocycles. The number of halogens is 1. The largest absolute Gasteiger partial charge is 0.195 e. The number of rotatable bonds is 2. The van der Waals surface area contributed by atoms with Gasteiger partial charge >= 0.3 is 0 Å². The fourth-order valence-electron chi connectivity index (χ4n) is 0.762. The first-order valence-corrected chi connectivity index (χ1v) is 4.62. The summed E-state index contributed by atoms with van der Waals surface area (Å²) in [7, 11) is 0. The van der Waals surface area contributed by atoms with Crippen molar-refractivity contribution in [2.75, 3.05) is 0 Å². The number of thiocarbonyl (C=S) groups is 1. The molecule has 0 radical (unpaired) electrons. The van der Waals surface area contributed by atoms with E-state index in [0.29, 0.717) is 0 Å². The lowest BCUT2D eigenvalue weighted by molar-refractivity contribution is 1.41. The third-order valence-corrected chi connectivity index (χ3v) is 1.98. The highest BCUT2D eigenvalue weighted by Gasteiger charge is 1.90. The Morgan fingerprint density at radius 3 is 3.00 bits per heavy atom. The van der Waals surface area contributed by atoms with Crippen molar-refractivity contribution in [2.45, 2.75) is 5.33 Å². The van der Waals surface area contributed by atoms with Crippen molar-refractivity contribution in [3.63, 3.8) is 0 Å². The summed E-state index contributed by atoms with van der Waals surface area (Å²) < 4.78 is 0. The summed E-state index contributed by atoms with van der Waals surface area (Å²) in [5.74, 6) is 0. The molecule has 0 atom stereocenters. The topological polar surface area (TPSA) is 12.4 Å². The van der Waals surface area contributed by atoms with Crippen molar-refractivity contribution in [3.05, 3.63) is 29.8 Å². The molecule has 0 aromatic heterocycles. The van der Waals surface area contributed by atoms with Crippen molar-refractivity contribution in [1.82, 2.24) is 0 Å². The summed E-state index contributed by atoms with van der Waals surface area (Å²) in [6.07, 6.45) is 0. The number of hydrogen-bond acceptors (Lipinski definition) is 2. The molecule has 0 aliphatic rings. The number of alkyl halides is 1. The summed E-state index contributed by atoms with van der Waals surface area (Å²) in [5.41, 5.74) is 2.05. The molecule has 0 aliphatic heterocycles. The fraction of sp³-hybridized carbons (Fsp3) is 0.125. The number of isothiocyanates is 1. The standard InChI is InChI=1S/C8H6BrNS/c9-5-7-2-1-3-8(4-7)10-6-11/h1-4H,5H2. The molecular formula is C8H6BrNS. The van der Waals surface area contributed by atoms with Gasteiger partial charge in [0.1, 0.15) is 0 Å². The Morgan fingerprint density at radius 1 is 1.55 bits per heavy atom. The van der Waals surface area contributed by atoms with Crippen LogP contribution in [0.15, 0.2) is 29.3 Å².